The van der Waals surface area contributed by atoms with Gasteiger partial charge in [-0.3, -0.25) is 4.79 Å². The van der Waals surface area contributed by atoms with Crippen molar-refractivity contribution in [1.82, 2.24) is 0 Å². The van der Waals surface area contributed by atoms with Crippen LogP contribution in [0, 0.1) is 0 Å². The maximum absolute atomic E-state index is 12.7. The van der Waals surface area contributed by atoms with Gasteiger partial charge in [-0.05, 0) is 67.3 Å². The van der Waals surface area contributed by atoms with Crippen LogP contribution in [0.25, 0.3) is 0 Å². The molecule has 0 atom stereocenters. The second kappa shape index (κ2) is 11.4. The Bertz CT molecular complexity index is 942. The highest BCUT2D eigenvalue weighted by Gasteiger charge is 2.14. The number of carbonyl (C=O) groups excluding carboxylic acids is 1. The fourth-order valence-corrected chi connectivity index (χ4v) is 3.32. The Kier molecular flexibility index (Phi) is 8.33. The Morgan fingerprint density at radius 3 is 2.43 bits per heavy atom. The highest BCUT2D eigenvalue weighted by atomic mass is 79.9. The van der Waals surface area contributed by atoms with Crippen LogP contribution in [0.5, 0.6) is 11.5 Å². The monoisotopic (exact) mass is 467 g/mol. The van der Waals surface area contributed by atoms with E-state index in [0.29, 0.717) is 30.2 Å². The fourth-order valence-electron chi connectivity index (χ4n) is 2.96. The number of carbonyl (C=O) groups is 1. The minimum atomic E-state index is -0.209. The minimum Gasteiger partial charge on any atom is -0.494 e. The van der Waals surface area contributed by atoms with Crippen LogP contribution in [0.2, 0.25) is 0 Å². The number of anilines is 1. The van der Waals surface area contributed by atoms with E-state index in [0.717, 1.165) is 29.5 Å². The van der Waals surface area contributed by atoms with Gasteiger partial charge < -0.3 is 14.8 Å². The van der Waals surface area contributed by atoms with Crippen molar-refractivity contribution in [1.29, 1.82) is 0 Å². The Hall–Kier alpha value is -2.79. The molecule has 0 saturated heterocycles. The summed E-state index contributed by atoms with van der Waals surface area (Å²) in [5.41, 5.74) is 2.52. The van der Waals surface area contributed by atoms with Gasteiger partial charge in [0.25, 0.3) is 5.91 Å². The first-order chi connectivity index (χ1) is 14.7. The van der Waals surface area contributed by atoms with Gasteiger partial charge in [0.15, 0.2) is 0 Å². The standard InChI is InChI=1S/C25H26BrNO3/c1-2-16-30-24-15-10-20(26)18-23(24)25(28)27-21-11-13-22(14-12-21)29-17-6-9-19-7-4-3-5-8-19/h3-5,7-8,10-15,18H,2,6,9,16-17H2,1H3,(H,27,28). The summed E-state index contributed by atoms with van der Waals surface area (Å²) < 4.78 is 12.3. The van der Waals surface area contributed by atoms with Crippen molar-refractivity contribution >= 4 is 27.5 Å². The number of hydrogen-bond acceptors (Lipinski definition) is 3. The zero-order valence-corrected chi connectivity index (χ0v) is 18.7. The van der Waals surface area contributed by atoms with Gasteiger partial charge >= 0.3 is 0 Å². The van der Waals surface area contributed by atoms with Crippen LogP contribution in [-0.2, 0) is 6.42 Å². The van der Waals surface area contributed by atoms with Crippen molar-refractivity contribution in [2.45, 2.75) is 26.2 Å². The van der Waals surface area contributed by atoms with E-state index in [4.69, 9.17) is 9.47 Å². The summed E-state index contributed by atoms with van der Waals surface area (Å²) in [4.78, 5) is 12.7. The van der Waals surface area contributed by atoms with Gasteiger partial charge in [-0.15, -0.1) is 0 Å². The molecule has 0 saturated carbocycles. The van der Waals surface area contributed by atoms with Crippen molar-refractivity contribution < 1.29 is 14.3 Å². The molecule has 1 amide bonds. The third-order valence-electron chi connectivity index (χ3n) is 4.48. The van der Waals surface area contributed by atoms with Crippen molar-refractivity contribution in [3.05, 3.63) is 88.4 Å². The molecule has 0 aliphatic heterocycles. The molecule has 0 aliphatic carbocycles. The second-order valence-electron chi connectivity index (χ2n) is 6.91. The Morgan fingerprint density at radius 2 is 1.70 bits per heavy atom. The number of ether oxygens (including phenoxy) is 2. The number of aryl methyl sites for hydroxylation is 1. The molecule has 5 heteroatoms. The normalized spacial score (nSPS) is 10.5. The molecule has 0 spiro atoms. The van der Waals surface area contributed by atoms with Gasteiger partial charge in [0.05, 0.1) is 18.8 Å². The number of halogens is 1. The largest absolute Gasteiger partial charge is 0.494 e. The molecule has 0 fully saturated rings. The van der Waals surface area contributed by atoms with Crippen LogP contribution in [-0.4, -0.2) is 19.1 Å². The van der Waals surface area contributed by atoms with Gasteiger partial charge in [-0.2, -0.15) is 0 Å². The van der Waals surface area contributed by atoms with E-state index in [2.05, 4.69) is 45.5 Å². The number of benzene rings is 3. The van der Waals surface area contributed by atoms with E-state index in [9.17, 15) is 4.79 Å². The van der Waals surface area contributed by atoms with Gasteiger partial charge in [-0.25, -0.2) is 0 Å². The maximum atomic E-state index is 12.7. The first kappa shape index (κ1) is 21.9. The molecule has 3 aromatic rings. The Balaban J connectivity index is 1.52. The highest BCUT2D eigenvalue weighted by Crippen LogP contribution is 2.25. The van der Waals surface area contributed by atoms with Crippen molar-refractivity contribution in [2.24, 2.45) is 0 Å². The highest BCUT2D eigenvalue weighted by molar-refractivity contribution is 9.10. The maximum Gasteiger partial charge on any atom is 0.259 e. The Labute approximate surface area is 186 Å². The topological polar surface area (TPSA) is 47.6 Å². The van der Waals surface area contributed by atoms with Crippen LogP contribution < -0.4 is 14.8 Å². The van der Waals surface area contributed by atoms with Crippen molar-refractivity contribution in [2.75, 3.05) is 18.5 Å². The Morgan fingerprint density at radius 1 is 0.933 bits per heavy atom. The average molecular weight is 468 g/mol. The van der Waals surface area contributed by atoms with Gasteiger partial charge in [0.2, 0.25) is 0 Å². The number of hydrogen-bond donors (Lipinski definition) is 1. The van der Waals surface area contributed by atoms with Crippen LogP contribution >= 0.6 is 15.9 Å². The lowest BCUT2D eigenvalue weighted by Crippen LogP contribution is -2.14. The van der Waals surface area contributed by atoms with E-state index in [1.165, 1.54) is 5.56 Å². The second-order valence-corrected chi connectivity index (χ2v) is 7.82. The summed E-state index contributed by atoms with van der Waals surface area (Å²) in [6.07, 6.45) is 2.82. The van der Waals surface area contributed by atoms with Crippen LogP contribution in [0.15, 0.2) is 77.3 Å². The first-order valence-electron chi connectivity index (χ1n) is 10.2. The van der Waals surface area contributed by atoms with E-state index in [1.807, 2.05) is 43.3 Å². The first-order valence-corrected chi connectivity index (χ1v) is 11.0. The van der Waals surface area contributed by atoms with E-state index >= 15 is 0 Å². The SMILES string of the molecule is CCCOc1ccc(Br)cc1C(=O)Nc1ccc(OCCCc2ccccc2)cc1. The molecule has 0 bridgehead atoms. The fraction of sp³-hybridized carbons (Fsp3) is 0.240. The smallest absolute Gasteiger partial charge is 0.259 e. The number of amides is 1. The molecule has 3 rings (SSSR count). The predicted molar refractivity (Wildman–Crippen MR) is 125 cm³/mol. The molecule has 1 N–H and O–H groups in total. The van der Waals surface area contributed by atoms with E-state index < -0.39 is 0 Å². The molecule has 0 heterocycles. The van der Waals surface area contributed by atoms with Crippen LogP contribution in [0.3, 0.4) is 0 Å². The summed E-state index contributed by atoms with van der Waals surface area (Å²) in [5, 5.41) is 2.92. The summed E-state index contributed by atoms with van der Waals surface area (Å²) in [5.74, 6) is 1.16. The minimum absolute atomic E-state index is 0.209. The van der Waals surface area contributed by atoms with Crippen LogP contribution in [0.4, 0.5) is 5.69 Å². The molecule has 0 aliphatic rings. The summed E-state index contributed by atoms with van der Waals surface area (Å²) in [6, 6.07) is 23.2. The van der Waals surface area contributed by atoms with Gasteiger partial charge in [0.1, 0.15) is 11.5 Å². The lowest BCUT2D eigenvalue weighted by atomic mass is 10.1. The summed E-state index contributed by atoms with van der Waals surface area (Å²) >= 11 is 3.42. The molecule has 30 heavy (non-hydrogen) atoms. The quantitative estimate of drug-likeness (QED) is 0.346. The average Bonchev–Trinajstić information content (AvgIpc) is 2.77. The molecular weight excluding hydrogens is 442 g/mol. The molecule has 0 radical (unpaired) electrons. The molecule has 3 aromatic carbocycles. The van der Waals surface area contributed by atoms with Crippen LogP contribution in [0.1, 0.15) is 35.7 Å². The molecule has 4 nitrogen and oxygen atoms in total. The van der Waals surface area contributed by atoms with E-state index in [1.54, 1.807) is 12.1 Å². The predicted octanol–water partition coefficient (Wildman–Crippen LogP) is 6.50. The number of nitrogens with one attached hydrogen (secondary N) is 1. The summed E-state index contributed by atoms with van der Waals surface area (Å²) in [6.45, 7) is 3.25. The zero-order valence-electron chi connectivity index (χ0n) is 17.1. The molecule has 156 valence electrons. The van der Waals surface area contributed by atoms with Crippen molar-refractivity contribution in [3.8, 4) is 11.5 Å². The third-order valence-corrected chi connectivity index (χ3v) is 4.97. The van der Waals surface area contributed by atoms with E-state index in [-0.39, 0.29) is 5.91 Å². The van der Waals surface area contributed by atoms with Gasteiger partial charge in [0, 0.05) is 10.2 Å². The lowest BCUT2D eigenvalue weighted by molar-refractivity contribution is 0.102. The molecular formula is C25H26BrNO3. The zero-order chi connectivity index (χ0) is 21.2. The third kappa shape index (κ3) is 6.63. The molecule has 0 unspecified atom stereocenters. The van der Waals surface area contributed by atoms with Crippen molar-refractivity contribution in [3.63, 3.8) is 0 Å². The lowest BCUT2D eigenvalue weighted by Gasteiger charge is -2.12. The molecule has 0 aromatic heterocycles. The van der Waals surface area contributed by atoms with Gasteiger partial charge in [-0.1, -0.05) is 53.2 Å². The number of rotatable bonds is 10. The summed E-state index contributed by atoms with van der Waals surface area (Å²) in [7, 11) is 0.